The number of thiazole rings is 1. The van der Waals surface area contributed by atoms with E-state index in [1.165, 1.54) is 30.7 Å². The lowest BCUT2D eigenvalue weighted by Crippen LogP contribution is -1.98. The van der Waals surface area contributed by atoms with Gasteiger partial charge in [-0.2, -0.15) is 0 Å². The van der Waals surface area contributed by atoms with E-state index in [2.05, 4.69) is 20.9 Å². The van der Waals surface area contributed by atoms with E-state index in [-0.39, 0.29) is 0 Å². The second-order valence-electron chi connectivity index (χ2n) is 3.46. The number of hydrogen-bond acceptors (Lipinski definition) is 3. The van der Waals surface area contributed by atoms with Crippen molar-refractivity contribution in [1.82, 2.24) is 4.98 Å². The lowest BCUT2D eigenvalue weighted by atomic mass is 10.1. The summed E-state index contributed by atoms with van der Waals surface area (Å²) >= 11 is 5.26. The lowest BCUT2D eigenvalue weighted by Gasteiger charge is -2.01. The van der Waals surface area contributed by atoms with Gasteiger partial charge in [0.25, 0.3) is 0 Å². The van der Waals surface area contributed by atoms with E-state index >= 15 is 0 Å². The molecule has 1 heterocycles. The first kappa shape index (κ1) is 9.62. The Bertz CT molecular complexity index is 292. The third-order valence-corrected chi connectivity index (χ3v) is 4.56. The summed E-state index contributed by atoms with van der Waals surface area (Å²) in [6.45, 7) is 0.545. The third-order valence-electron chi connectivity index (χ3n) is 2.56. The average Bonchev–Trinajstić information content (AvgIpc) is 2.71. The van der Waals surface area contributed by atoms with Crippen molar-refractivity contribution in [1.29, 1.82) is 0 Å². The van der Waals surface area contributed by atoms with E-state index in [1.54, 1.807) is 11.3 Å². The zero-order chi connectivity index (χ0) is 9.26. The minimum atomic E-state index is 0.545. The van der Waals surface area contributed by atoms with Gasteiger partial charge >= 0.3 is 0 Å². The molecule has 72 valence electrons. The van der Waals surface area contributed by atoms with Crippen molar-refractivity contribution < 1.29 is 0 Å². The van der Waals surface area contributed by atoms with Crippen molar-refractivity contribution in [3.05, 3.63) is 14.5 Å². The van der Waals surface area contributed by atoms with E-state index in [0.717, 1.165) is 9.48 Å². The fraction of sp³-hybridized carbons (Fsp3) is 0.667. The standard InChI is InChI=1S/C9H13BrN2S/c10-8-7(5-11)12-9(13-8)6-3-1-2-4-6/h6H,1-5,11H2. The molecule has 1 aliphatic rings. The van der Waals surface area contributed by atoms with Gasteiger partial charge in [0.15, 0.2) is 0 Å². The molecule has 0 aliphatic heterocycles. The van der Waals surface area contributed by atoms with E-state index in [9.17, 15) is 0 Å². The topological polar surface area (TPSA) is 38.9 Å². The Balaban J connectivity index is 2.20. The highest BCUT2D eigenvalue weighted by atomic mass is 79.9. The summed E-state index contributed by atoms with van der Waals surface area (Å²) in [5, 5.41) is 1.28. The maximum Gasteiger partial charge on any atom is 0.0971 e. The van der Waals surface area contributed by atoms with E-state index in [1.807, 2.05) is 0 Å². The second kappa shape index (κ2) is 4.07. The van der Waals surface area contributed by atoms with Crippen molar-refractivity contribution in [2.45, 2.75) is 38.1 Å². The van der Waals surface area contributed by atoms with Crippen molar-refractivity contribution in [2.24, 2.45) is 5.73 Å². The maximum atomic E-state index is 5.58. The molecule has 1 saturated carbocycles. The summed E-state index contributed by atoms with van der Waals surface area (Å²) in [7, 11) is 0. The Morgan fingerprint density at radius 3 is 2.69 bits per heavy atom. The van der Waals surface area contributed by atoms with Crippen LogP contribution in [-0.4, -0.2) is 4.98 Å². The fourth-order valence-electron chi connectivity index (χ4n) is 1.82. The van der Waals surface area contributed by atoms with Crippen LogP contribution in [0.15, 0.2) is 3.79 Å². The molecular formula is C9H13BrN2S. The molecule has 1 fully saturated rings. The Morgan fingerprint density at radius 2 is 2.15 bits per heavy atom. The third kappa shape index (κ3) is 1.95. The molecule has 2 rings (SSSR count). The minimum absolute atomic E-state index is 0.545. The van der Waals surface area contributed by atoms with Crippen LogP contribution in [0.25, 0.3) is 0 Å². The maximum absolute atomic E-state index is 5.58. The van der Waals surface area contributed by atoms with Gasteiger partial charge in [-0.1, -0.05) is 12.8 Å². The van der Waals surface area contributed by atoms with Crippen LogP contribution in [0.1, 0.15) is 42.3 Å². The summed E-state index contributed by atoms with van der Waals surface area (Å²) < 4.78 is 1.12. The number of halogens is 1. The molecule has 0 saturated heterocycles. The summed E-state index contributed by atoms with van der Waals surface area (Å²) in [5.41, 5.74) is 6.60. The number of aromatic nitrogens is 1. The first-order valence-electron chi connectivity index (χ1n) is 4.66. The van der Waals surface area contributed by atoms with Crippen molar-refractivity contribution >= 4 is 27.3 Å². The summed E-state index contributed by atoms with van der Waals surface area (Å²) in [5.74, 6) is 0.710. The minimum Gasteiger partial charge on any atom is -0.325 e. The Hall–Kier alpha value is 0.0700. The van der Waals surface area contributed by atoms with Gasteiger partial charge in [-0.05, 0) is 28.8 Å². The molecule has 0 spiro atoms. The predicted molar refractivity (Wildman–Crippen MR) is 58.9 cm³/mol. The molecule has 4 heteroatoms. The second-order valence-corrected chi connectivity index (χ2v) is 5.81. The van der Waals surface area contributed by atoms with Gasteiger partial charge in [-0.15, -0.1) is 11.3 Å². The van der Waals surface area contributed by atoms with Crippen LogP contribution in [0.3, 0.4) is 0 Å². The molecule has 0 amide bonds. The molecular weight excluding hydrogens is 248 g/mol. The molecule has 0 aromatic carbocycles. The van der Waals surface area contributed by atoms with Crippen LogP contribution >= 0.6 is 27.3 Å². The average molecular weight is 261 g/mol. The summed E-state index contributed by atoms with van der Waals surface area (Å²) in [4.78, 5) is 4.56. The van der Waals surface area contributed by atoms with E-state index in [0.29, 0.717) is 12.5 Å². The Morgan fingerprint density at radius 1 is 1.46 bits per heavy atom. The SMILES string of the molecule is NCc1nc(C2CCCC2)sc1Br. The van der Waals surface area contributed by atoms with Gasteiger partial charge < -0.3 is 5.73 Å². The molecule has 2 nitrogen and oxygen atoms in total. The largest absolute Gasteiger partial charge is 0.325 e. The zero-order valence-corrected chi connectivity index (χ0v) is 9.83. The molecule has 1 aliphatic carbocycles. The first-order valence-corrected chi connectivity index (χ1v) is 6.27. The normalized spacial score (nSPS) is 18.3. The van der Waals surface area contributed by atoms with Crippen molar-refractivity contribution in [2.75, 3.05) is 0 Å². The molecule has 2 N–H and O–H groups in total. The van der Waals surface area contributed by atoms with Crippen molar-refractivity contribution in [3.63, 3.8) is 0 Å². The van der Waals surface area contributed by atoms with Gasteiger partial charge in [0.1, 0.15) is 0 Å². The molecule has 0 radical (unpaired) electrons. The molecule has 1 aromatic rings. The van der Waals surface area contributed by atoms with Gasteiger partial charge in [-0.25, -0.2) is 4.98 Å². The van der Waals surface area contributed by atoms with Gasteiger partial charge in [0.2, 0.25) is 0 Å². The van der Waals surface area contributed by atoms with Crippen LogP contribution in [0.4, 0.5) is 0 Å². The Labute approximate surface area is 90.7 Å². The van der Waals surface area contributed by atoms with Crippen LogP contribution in [0.2, 0.25) is 0 Å². The predicted octanol–water partition coefficient (Wildman–Crippen LogP) is 3.02. The fourth-order valence-corrected chi connectivity index (χ4v) is 3.56. The van der Waals surface area contributed by atoms with Gasteiger partial charge in [0.05, 0.1) is 14.5 Å². The molecule has 0 unspecified atom stereocenters. The first-order chi connectivity index (χ1) is 6.31. The molecule has 0 atom stereocenters. The van der Waals surface area contributed by atoms with Gasteiger partial charge in [-0.3, -0.25) is 0 Å². The molecule has 1 aromatic heterocycles. The highest BCUT2D eigenvalue weighted by Gasteiger charge is 2.21. The summed E-state index contributed by atoms with van der Waals surface area (Å²) in [6, 6.07) is 0. The van der Waals surface area contributed by atoms with Gasteiger partial charge in [0, 0.05) is 12.5 Å². The van der Waals surface area contributed by atoms with E-state index in [4.69, 9.17) is 5.73 Å². The highest BCUT2D eigenvalue weighted by molar-refractivity contribution is 9.11. The van der Waals surface area contributed by atoms with Crippen LogP contribution in [0.5, 0.6) is 0 Å². The zero-order valence-electron chi connectivity index (χ0n) is 7.42. The molecule has 0 bridgehead atoms. The van der Waals surface area contributed by atoms with Crippen LogP contribution in [0, 0.1) is 0 Å². The number of rotatable bonds is 2. The highest BCUT2D eigenvalue weighted by Crippen LogP contribution is 2.38. The quantitative estimate of drug-likeness (QED) is 0.888. The van der Waals surface area contributed by atoms with Crippen molar-refractivity contribution in [3.8, 4) is 0 Å². The van der Waals surface area contributed by atoms with Crippen LogP contribution in [-0.2, 0) is 6.54 Å². The molecule has 13 heavy (non-hydrogen) atoms. The smallest absolute Gasteiger partial charge is 0.0971 e. The van der Waals surface area contributed by atoms with E-state index < -0.39 is 0 Å². The monoisotopic (exact) mass is 260 g/mol. The number of nitrogens with two attached hydrogens (primary N) is 1. The lowest BCUT2D eigenvalue weighted by molar-refractivity contribution is 0.711. The number of nitrogens with zero attached hydrogens (tertiary/aromatic N) is 1. The number of hydrogen-bond donors (Lipinski definition) is 1. The Kier molecular flexibility index (Phi) is 3.01. The van der Waals surface area contributed by atoms with Crippen LogP contribution < -0.4 is 5.73 Å². The summed E-state index contributed by atoms with van der Waals surface area (Å²) in [6.07, 6.45) is 5.34.